The minimum absolute atomic E-state index is 0.284. The Labute approximate surface area is 201 Å². The van der Waals surface area contributed by atoms with Gasteiger partial charge in [-0.3, -0.25) is 4.72 Å². The number of aromatic nitrogens is 2. The van der Waals surface area contributed by atoms with Crippen molar-refractivity contribution >= 4 is 15.7 Å². The summed E-state index contributed by atoms with van der Waals surface area (Å²) in [4.78, 5) is 9.83. The quantitative estimate of drug-likeness (QED) is 0.401. The van der Waals surface area contributed by atoms with Gasteiger partial charge in [0.25, 0.3) is 0 Å². The van der Waals surface area contributed by atoms with Gasteiger partial charge in [0.05, 0.1) is 31.3 Å². The molecule has 8 nitrogen and oxygen atoms in total. The summed E-state index contributed by atoms with van der Waals surface area (Å²) in [6, 6.07) is 15.4. The predicted molar refractivity (Wildman–Crippen MR) is 133 cm³/mol. The van der Waals surface area contributed by atoms with Crippen LogP contribution in [-0.2, 0) is 21.4 Å². The van der Waals surface area contributed by atoms with Crippen molar-refractivity contribution in [2.24, 2.45) is 0 Å². The lowest BCUT2D eigenvalue weighted by Crippen LogP contribution is -2.37. The van der Waals surface area contributed by atoms with Gasteiger partial charge in [-0.2, -0.15) is 0 Å². The number of rotatable bonds is 11. The lowest BCUT2D eigenvalue weighted by Gasteiger charge is -2.31. The van der Waals surface area contributed by atoms with Crippen LogP contribution in [0.1, 0.15) is 24.8 Å². The highest BCUT2D eigenvalue weighted by molar-refractivity contribution is 7.92. The highest BCUT2D eigenvalue weighted by Gasteiger charge is 2.19. The maximum atomic E-state index is 11.5. The SMILES string of the molecule is CS(=O)(=O)Nc1ccccc1OCCCN1CCC(OCc2ccc(-c3ncc[nH]3)cc2)CC1. The van der Waals surface area contributed by atoms with Crippen LogP contribution in [0.15, 0.2) is 60.9 Å². The van der Waals surface area contributed by atoms with Crippen molar-refractivity contribution < 1.29 is 17.9 Å². The Kier molecular flexibility index (Phi) is 8.21. The lowest BCUT2D eigenvalue weighted by molar-refractivity contribution is -0.00302. The number of hydrogen-bond acceptors (Lipinski definition) is 6. The van der Waals surface area contributed by atoms with Crippen LogP contribution in [0.25, 0.3) is 11.4 Å². The molecule has 0 spiro atoms. The van der Waals surface area contributed by atoms with Crippen molar-refractivity contribution in [3.63, 3.8) is 0 Å². The van der Waals surface area contributed by atoms with E-state index in [-0.39, 0.29) is 6.10 Å². The number of H-pyrrole nitrogens is 1. The first-order chi connectivity index (χ1) is 16.5. The highest BCUT2D eigenvalue weighted by atomic mass is 32.2. The normalized spacial score (nSPS) is 15.3. The number of hydrogen-bond donors (Lipinski definition) is 2. The number of ether oxygens (including phenoxy) is 2. The van der Waals surface area contributed by atoms with E-state index in [2.05, 4.69) is 43.9 Å². The van der Waals surface area contributed by atoms with Gasteiger partial charge in [0, 0.05) is 37.6 Å². The number of nitrogens with zero attached hydrogens (tertiary/aromatic N) is 2. The van der Waals surface area contributed by atoms with E-state index < -0.39 is 10.0 Å². The molecule has 0 amide bonds. The largest absolute Gasteiger partial charge is 0.491 e. The molecule has 34 heavy (non-hydrogen) atoms. The molecule has 1 fully saturated rings. The summed E-state index contributed by atoms with van der Waals surface area (Å²) in [6.45, 7) is 4.12. The molecule has 1 saturated heterocycles. The molecule has 1 aromatic heterocycles. The molecule has 0 aliphatic carbocycles. The zero-order valence-corrected chi connectivity index (χ0v) is 20.3. The van der Waals surface area contributed by atoms with Gasteiger partial charge in [-0.05, 0) is 37.0 Å². The van der Waals surface area contributed by atoms with Gasteiger partial charge < -0.3 is 19.4 Å². The summed E-state index contributed by atoms with van der Waals surface area (Å²) >= 11 is 0. The van der Waals surface area contributed by atoms with Crippen LogP contribution in [0.5, 0.6) is 5.75 Å². The first kappa shape index (κ1) is 24.3. The molecule has 4 rings (SSSR count). The maximum Gasteiger partial charge on any atom is 0.229 e. The number of nitrogens with one attached hydrogen (secondary N) is 2. The predicted octanol–water partition coefficient (Wildman–Crippen LogP) is 3.90. The third-order valence-electron chi connectivity index (χ3n) is 5.80. The van der Waals surface area contributed by atoms with Gasteiger partial charge in [0.1, 0.15) is 11.6 Å². The standard InChI is InChI=1S/C25H32N4O4S/c1-34(30,31)28-23-5-2-3-6-24(23)32-18-4-15-29-16-11-22(12-17-29)33-19-20-7-9-21(10-8-20)25-26-13-14-27-25/h2-3,5-10,13-14,22,28H,4,11-12,15-19H2,1H3,(H,26,27). The zero-order valence-electron chi connectivity index (χ0n) is 19.4. The van der Waals surface area contributed by atoms with Crippen LogP contribution in [0.3, 0.4) is 0 Å². The van der Waals surface area contributed by atoms with E-state index in [1.807, 2.05) is 12.3 Å². The van der Waals surface area contributed by atoms with Gasteiger partial charge in [-0.1, -0.05) is 36.4 Å². The molecule has 182 valence electrons. The van der Waals surface area contributed by atoms with Crippen LogP contribution in [0, 0.1) is 0 Å². The zero-order chi connectivity index (χ0) is 23.8. The van der Waals surface area contributed by atoms with Crippen LogP contribution < -0.4 is 9.46 Å². The van der Waals surface area contributed by atoms with Gasteiger partial charge in [-0.15, -0.1) is 0 Å². The summed E-state index contributed by atoms with van der Waals surface area (Å²) in [5.41, 5.74) is 2.71. The van der Waals surface area contributed by atoms with Crippen molar-refractivity contribution in [3.05, 3.63) is 66.5 Å². The fourth-order valence-electron chi connectivity index (χ4n) is 4.04. The Morgan fingerprint density at radius 1 is 1.12 bits per heavy atom. The minimum Gasteiger partial charge on any atom is -0.491 e. The number of para-hydroxylation sites is 2. The van der Waals surface area contributed by atoms with Crippen molar-refractivity contribution in [3.8, 4) is 17.1 Å². The number of piperidine rings is 1. The fourth-order valence-corrected chi connectivity index (χ4v) is 4.61. The van der Waals surface area contributed by atoms with Crippen molar-refractivity contribution in [1.29, 1.82) is 0 Å². The fraction of sp³-hybridized carbons (Fsp3) is 0.400. The van der Waals surface area contributed by atoms with Crippen molar-refractivity contribution in [2.75, 3.05) is 37.2 Å². The molecule has 0 unspecified atom stereocenters. The number of sulfonamides is 1. The van der Waals surface area contributed by atoms with E-state index >= 15 is 0 Å². The second-order valence-corrected chi connectivity index (χ2v) is 10.3. The Hall–Kier alpha value is -2.88. The van der Waals surface area contributed by atoms with E-state index in [1.54, 1.807) is 24.4 Å². The molecule has 2 N–H and O–H groups in total. The monoisotopic (exact) mass is 484 g/mol. The molecule has 2 heterocycles. The molecule has 2 aromatic carbocycles. The summed E-state index contributed by atoms with van der Waals surface area (Å²) in [6.07, 6.45) is 7.91. The van der Waals surface area contributed by atoms with E-state index in [9.17, 15) is 8.42 Å². The number of anilines is 1. The lowest BCUT2D eigenvalue weighted by atomic mass is 10.1. The molecule has 1 aliphatic heterocycles. The van der Waals surface area contributed by atoms with Gasteiger partial charge in [0.15, 0.2) is 0 Å². The van der Waals surface area contributed by atoms with Gasteiger partial charge in [0.2, 0.25) is 10.0 Å². The second kappa shape index (κ2) is 11.5. The minimum atomic E-state index is -3.34. The highest BCUT2D eigenvalue weighted by Crippen LogP contribution is 2.25. The molecule has 0 atom stereocenters. The average molecular weight is 485 g/mol. The molecule has 1 aliphatic rings. The molecular weight excluding hydrogens is 452 g/mol. The van der Waals surface area contributed by atoms with E-state index in [0.29, 0.717) is 24.7 Å². The van der Waals surface area contributed by atoms with Crippen LogP contribution >= 0.6 is 0 Å². The summed E-state index contributed by atoms with van der Waals surface area (Å²) in [5, 5.41) is 0. The second-order valence-electron chi connectivity index (χ2n) is 8.56. The Balaban J connectivity index is 1.13. The third-order valence-corrected chi connectivity index (χ3v) is 6.40. The summed E-state index contributed by atoms with van der Waals surface area (Å²) in [5.74, 6) is 1.43. The molecule has 0 radical (unpaired) electrons. The van der Waals surface area contributed by atoms with Crippen molar-refractivity contribution in [1.82, 2.24) is 14.9 Å². The number of imidazole rings is 1. The first-order valence-electron chi connectivity index (χ1n) is 11.6. The number of likely N-dealkylation sites (tertiary alicyclic amines) is 1. The first-order valence-corrected chi connectivity index (χ1v) is 13.5. The van der Waals surface area contributed by atoms with E-state index in [0.717, 1.165) is 56.5 Å². The Morgan fingerprint density at radius 2 is 1.88 bits per heavy atom. The third kappa shape index (κ3) is 7.31. The van der Waals surface area contributed by atoms with E-state index in [4.69, 9.17) is 9.47 Å². The molecular formula is C25H32N4O4S. The van der Waals surface area contributed by atoms with E-state index in [1.165, 1.54) is 5.56 Å². The smallest absolute Gasteiger partial charge is 0.229 e. The maximum absolute atomic E-state index is 11.5. The number of aromatic amines is 1. The average Bonchev–Trinajstić information content (AvgIpc) is 3.37. The van der Waals surface area contributed by atoms with Crippen molar-refractivity contribution in [2.45, 2.75) is 32.0 Å². The molecule has 0 saturated carbocycles. The number of benzene rings is 2. The Morgan fingerprint density at radius 3 is 2.59 bits per heavy atom. The molecule has 3 aromatic rings. The van der Waals surface area contributed by atoms with Gasteiger partial charge in [-0.25, -0.2) is 13.4 Å². The van der Waals surface area contributed by atoms with Gasteiger partial charge >= 0.3 is 0 Å². The topological polar surface area (TPSA) is 96.6 Å². The summed E-state index contributed by atoms with van der Waals surface area (Å²) in [7, 11) is -3.34. The molecule has 9 heteroatoms. The Bertz CT molecular complexity index is 1130. The summed E-state index contributed by atoms with van der Waals surface area (Å²) < 4.78 is 37.5. The van der Waals surface area contributed by atoms with Crippen LogP contribution in [0.4, 0.5) is 5.69 Å². The van der Waals surface area contributed by atoms with Crippen LogP contribution in [0.2, 0.25) is 0 Å². The van der Waals surface area contributed by atoms with Crippen LogP contribution in [-0.4, -0.2) is 61.9 Å². The molecule has 0 bridgehead atoms.